The van der Waals surface area contributed by atoms with Crippen molar-refractivity contribution in [3.8, 4) is 0 Å². The predicted octanol–water partition coefficient (Wildman–Crippen LogP) is 2.87. The van der Waals surface area contributed by atoms with E-state index in [0.29, 0.717) is 5.56 Å². The average molecular weight is 249 g/mol. The molecule has 0 fully saturated rings. The van der Waals surface area contributed by atoms with Gasteiger partial charge >= 0.3 is 0 Å². The number of rotatable bonds is 2. The van der Waals surface area contributed by atoms with Crippen molar-refractivity contribution >= 4 is 38.5 Å². The molecule has 1 N–H and O–H groups in total. The van der Waals surface area contributed by atoms with Gasteiger partial charge in [0.05, 0.1) is 5.56 Å². The second-order valence-electron chi connectivity index (χ2n) is 2.21. The van der Waals surface area contributed by atoms with Gasteiger partial charge in [0.2, 0.25) is 0 Å². The molecule has 0 aliphatic rings. The van der Waals surface area contributed by atoms with Gasteiger partial charge in [0.15, 0.2) is 0 Å². The molecule has 0 heterocycles. The summed E-state index contributed by atoms with van der Waals surface area (Å²) in [4.78, 5) is 10.9. The molecule has 0 aliphatic heterocycles. The van der Waals surface area contributed by atoms with Crippen molar-refractivity contribution in [1.29, 1.82) is 0 Å². The van der Waals surface area contributed by atoms with Crippen LogP contribution in [-0.2, 0) is 0 Å². The van der Waals surface area contributed by atoms with Crippen LogP contribution in [-0.4, -0.2) is 12.3 Å². The molecule has 64 valence electrons. The van der Waals surface area contributed by atoms with Crippen molar-refractivity contribution in [2.24, 2.45) is 0 Å². The fourth-order valence-electron chi connectivity index (χ4n) is 0.897. The highest BCUT2D eigenvalue weighted by Gasteiger charge is 2.07. The van der Waals surface area contributed by atoms with E-state index < -0.39 is 5.24 Å². The lowest BCUT2D eigenvalue weighted by Gasteiger charge is -2.04. The number of halogens is 2. The van der Waals surface area contributed by atoms with E-state index in [1.54, 1.807) is 19.2 Å². The standard InChI is InChI=1S/C8H7BrClNO/c1-11-7-3-2-5(9)4-6(7)8(10)12/h2-4,11H,1H3. The Balaban J connectivity index is 3.21. The summed E-state index contributed by atoms with van der Waals surface area (Å²) in [5, 5.41) is 2.42. The molecule has 0 aliphatic carbocycles. The van der Waals surface area contributed by atoms with E-state index in [2.05, 4.69) is 21.2 Å². The van der Waals surface area contributed by atoms with Gasteiger partial charge in [-0.2, -0.15) is 0 Å². The second kappa shape index (κ2) is 3.92. The molecule has 12 heavy (non-hydrogen) atoms. The van der Waals surface area contributed by atoms with Crippen LogP contribution < -0.4 is 5.32 Å². The summed E-state index contributed by atoms with van der Waals surface area (Å²) in [6, 6.07) is 5.32. The summed E-state index contributed by atoms with van der Waals surface area (Å²) < 4.78 is 0.838. The highest BCUT2D eigenvalue weighted by molar-refractivity contribution is 9.10. The molecule has 0 unspecified atom stereocenters. The van der Waals surface area contributed by atoms with Crippen molar-refractivity contribution in [2.45, 2.75) is 0 Å². The summed E-state index contributed by atoms with van der Waals surface area (Å²) in [5.41, 5.74) is 1.21. The SMILES string of the molecule is CNc1ccc(Br)cc1C(=O)Cl. The zero-order valence-corrected chi connectivity index (χ0v) is 8.74. The fraction of sp³-hybridized carbons (Fsp3) is 0.125. The van der Waals surface area contributed by atoms with Crippen LogP contribution in [0.3, 0.4) is 0 Å². The van der Waals surface area contributed by atoms with Gasteiger partial charge in [-0.3, -0.25) is 4.79 Å². The van der Waals surface area contributed by atoms with Crippen molar-refractivity contribution in [3.05, 3.63) is 28.2 Å². The predicted molar refractivity (Wildman–Crippen MR) is 53.9 cm³/mol. The van der Waals surface area contributed by atoms with Crippen LogP contribution in [0.4, 0.5) is 5.69 Å². The lowest BCUT2D eigenvalue weighted by molar-refractivity contribution is 0.108. The van der Waals surface area contributed by atoms with Crippen LogP contribution in [0.2, 0.25) is 0 Å². The Morgan fingerprint density at radius 1 is 1.58 bits per heavy atom. The van der Waals surface area contributed by atoms with Gasteiger partial charge in [-0.15, -0.1) is 0 Å². The van der Waals surface area contributed by atoms with E-state index in [-0.39, 0.29) is 0 Å². The largest absolute Gasteiger partial charge is 0.387 e. The van der Waals surface area contributed by atoms with E-state index in [0.717, 1.165) is 10.2 Å². The number of anilines is 1. The Hall–Kier alpha value is -0.540. The first-order valence-corrected chi connectivity index (χ1v) is 4.49. The van der Waals surface area contributed by atoms with Gasteiger partial charge in [-0.05, 0) is 29.8 Å². The summed E-state index contributed by atoms with van der Waals surface area (Å²) in [5.74, 6) is 0. The van der Waals surface area contributed by atoms with Gasteiger partial charge < -0.3 is 5.32 Å². The molecule has 0 amide bonds. The number of carbonyl (C=O) groups excluding carboxylic acids is 1. The highest BCUT2D eigenvalue weighted by Crippen LogP contribution is 2.21. The Morgan fingerprint density at radius 3 is 2.75 bits per heavy atom. The van der Waals surface area contributed by atoms with Crippen LogP contribution in [0.1, 0.15) is 10.4 Å². The molecule has 0 aromatic heterocycles. The van der Waals surface area contributed by atoms with Crippen molar-refractivity contribution in [3.63, 3.8) is 0 Å². The quantitative estimate of drug-likeness (QED) is 0.816. The fourth-order valence-corrected chi connectivity index (χ4v) is 1.41. The molecule has 1 aromatic rings. The molecule has 0 spiro atoms. The number of hydrogen-bond acceptors (Lipinski definition) is 2. The second-order valence-corrected chi connectivity index (χ2v) is 3.47. The van der Waals surface area contributed by atoms with Gasteiger partial charge in [-0.1, -0.05) is 15.9 Å². The summed E-state index contributed by atoms with van der Waals surface area (Å²) in [6.45, 7) is 0. The van der Waals surface area contributed by atoms with Crippen LogP contribution in [0, 0.1) is 0 Å². The minimum Gasteiger partial charge on any atom is -0.387 e. The molecular weight excluding hydrogens is 241 g/mol. The Morgan fingerprint density at radius 2 is 2.25 bits per heavy atom. The van der Waals surface area contributed by atoms with Gasteiger partial charge in [0.25, 0.3) is 5.24 Å². The molecule has 4 heteroatoms. The molecule has 1 aromatic carbocycles. The number of nitrogens with one attached hydrogen (secondary N) is 1. The van der Waals surface area contributed by atoms with Crippen molar-refractivity contribution in [2.75, 3.05) is 12.4 Å². The van der Waals surface area contributed by atoms with Crippen LogP contribution in [0.25, 0.3) is 0 Å². The zero-order chi connectivity index (χ0) is 9.14. The summed E-state index contributed by atoms with van der Waals surface area (Å²) >= 11 is 8.61. The average Bonchev–Trinajstić information content (AvgIpc) is 2.04. The molecule has 0 saturated heterocycles. The van der Waals surface area contributed by atoms with Gasteiger partial charge in [0.1, 0.15) is 0 Å². The molecular formula is C8H7BrClNO. The van der Waals surface area contributed by atoms with Crippen molar-refractivity contribution < 1.29 is 4.79 Å². The molecule has 0 saturated carbocycles. The van der Waals surface area contributed by atoms with Crippen LogP contribution in [0.15, 0.2) is 22.7 Å². The van der Waals surface area contributed by atoms with E-state index in [1.807, 2.05) is 6.07 Å². The van der Waals surface area contributed by atoms with Crippen LogP contribution in [0.5, 0.6) is 0 Å². The number of benzene rings is 1. The molecule has 2 nitrogen and oxygen atoms in total. The van der Waals surface area contributed by atoms with Crippen molar-refractivity contribution in [1.82, 2.24) is 0 Å². The van der Waals surface area contributed by atoms with Gasteiger partial charge in [-0.25, -0.2) is 0 Å². The Kier molecular flexibility index (Phi) is 3.12. The third kappa shape index (κ3) is 1.99. The van der Waals surface area contributed by atoms with E-state index in [4.69, 9.17) is 11.6 Å². The molecule has 0 radical (unpaired) electrons. The third-order valence-corrected chi connectivity index (χ3v) is 2.16. The highest BCUT2D eigenvalue weighted by atomic mass is 79.9. The minimum absolute atomic E-state index is 0.458. The molecule has 0 atom stereocenters. The maximum Gasteiger partial charge on any atom is 0.254 e. The lowest BCUT2D eigenvalue weighted by atomic mass is 10.2. The van der Waals surface area contributed by atoms with Crippen LogP contribution >= 0.6 is 27.5 Å². The maximum atomic E-state index is 10.9. The van der Waals surface area contributed by atoms with Gasteiger partial charge in [0, 0.05) is 17.2 Å². The molecule has 0 bridgehead atoms. The number of hydrogen-bond donors (Lipinski definition) is 1. The smallest absolute Gasteiger partial charge is 0.254 e. The Bertz CT molecular complexity index is 314. The van der Waals surface area contributed by atoms with E-state index in [9.17, 15) is 4.79 Å². The first-order chi connectivity index (χ1) is 5.65. The minimum atomic E-state index is -0.458. The Labute approximate surface area is 84.0 Å². The third-order valence-electron chi connectivity index (χ3n) is 1.46. The molecule has 1 rings (SSSR count). The normalized spacial score (nSPS) is 9.58. The van der Waals surface area contributed by atoms with E-state index in [1.165, 1.54) is 0 Å². The first kappa shape index (κ1) is 9.55. The monoisotopic (exact) mass is 247 g/mol. The van der Waals surface area contributed by atoms with E-state index >= 15 is 0 Å². The summed E-state index contributed by atoms with van der Waals surface area (Å²) in [6.07, 6.45) is 0. The maximum absolute atomic E-state index is 10.9. The summed E-state index contributed by atoms with van der Waals surface area (Å²) in [7, 11) is 1.74. The topological polar surface area (TPSA) is 29.1 Å². The first-order valence-electron chi connectivity index (χ1n) is 3.32. The lowest BCUT2D eigenvalue weighted by Crippen LogP contribution is -1.97. The number of carbonyl (C=O) groups is 1. The zero-order valence-electron chi connectivity index (χ0n) is 6.40.